The van der Waals surface area contributed by atoms with Crippen molar-refractivity contribution in [3.63, 3.8) is 0 Å². The van der Waals surface area contributed by atoms with Gasteiger partial charge in [0.15, 0.2) is 11.5 Å². The molecule has 0 saturated carbocycles. The quantitative estimate of drug-likeness (QED) is 0.759. The van der Waals surface area contributed by atoms with Gasteiger partial charge in [-0.25, -0.2) is 0 Å². The van der Waals surface area contributed by atoms with Crippen LogP contribution in [0.2, 0.25) is 5.02 Å². The molecule has 7 nitrogen and oxygen atoms in total. The molecule has 2 aromatic carbocycles. The fourth-order valence-corrected chi connectivity index (χ4v) is 2.33. The summed E-state index contributed by atoms with van der Waals surface area (Å²) >= 11 is 6.00. The number of nitrogens with one attached hydrogen (secondary N) is 1. The normalized spacial score (nSPS) is 10.4. The van der Waals surface area contributed by atoms with Gasteiger partial charge in [0.25, 0.3) is 5.91 Å². The smallest absolute Gasteiger partial charge is 0.280 e. The monoisotopic (exact) mass is 343 g/mol. The van der Waals surface area contributed by atoms with E-state index in [0.29, 0.717) is 22.1 Å². The summed E-state index contributed by atoms with van der Waals surface area (Å²) in [7, 11) is 1.51. The third kappa shape index (κ3) is 3.02. The predicted octanol–water partition coefficient (Wildman–Crippen LogP) is 2.76. The highest BCUT2D eigenvalue weighted by atomic mass is 35.5. The van der Waals surface area contributed by atoms with E-state index in [-0.39, 0.29) is 11.5 Å². The van der Waals surface area contributed by atoms with Crippen molar-refractivity contribution in [2.24, 2.45) is 0 Å². The second kappa shape index (κ2) is 6.59. The first kappa shape index (κ1) is 15.8. The van der Waals surface area contributed by atoms with Crippen molar-refractivity contribution in [1.29, 1.82) is 0 Å². The largest absolute Gasteiger partial charge is 0.495 e. The number of nitrogens with two attached hydrogens (primary N) is 1. The second-order valence-corrected chi connectivity index (χ2v) is 5.28. The summed E-state index contributed by atoms with van der Waals surface area (Å²) < 4.78 is 6.51. The zero-order valence-electron chi connectivity index (χ0n) is 12.7. The van der Waals surface area contributed by atoms with Crippen molar-refractivity contribution >= 4 is 29.0 Å². The van der Waals surface area contributed by atoms with E-state index in [1.165, 1.54) is 11.8 Å². The van der Waals surface area contributed by atoms with Crippen LogP contribution in [0.1, 0.15) is 10.5 Å². The van der Waals surface area contributed by atoms with Crippen LogP contribution >= 0.6 is 11.6 Å². The van der Waals surface area contributed by atoms with E-state index in [9.17, 15) is 4.79 Å². The van der Waals surface area contributed by atoms with Crippen molar-refractivity contribution in [3.8, 4) is 11.4 Å². The highest BCUT2D eigenvalue weighted by molar-refractivity contribution is 6.32. The van der Waals surface area contributed by atoms with Gasteiger partial charge in [0.05, 0.1) is 17.8 Å². The van der Waals surface area contributed by atoms with Gasteiger partial charge in [0.1, 0.15) is 5.75 Å². The minimum absolute atomic E-state index is 0.0350. The Morgan fingerprint density at radius 1 is 1.25 bits per heavy atom. The van der Waals surface area contributed by atoms with Crippen molar-refractivity contribution in [2.75, 3.05) is 18.2 Å². The first-order chi connectivity index (χ1) is 11.6. The number of nitrogens with zero attached hydrogens (tertiary/aromatic N) is 3. The maximum atomic E-state index is 12.3. The van der Waals surface area contributed by atoms with Crippen LogP contribution in [0.5, 0.6) is 5.75 Å². The molecule has 1 amide bonds. The number of amides is 1. The lowest BCUT2D eigenvalue weighted by molar-refractivity contribution is 0.102. The molecule has 122 valence electrons. The third-order valence-corrected chi connectivity index (χ3v) is 3.64. The summed E-state index contributed by atoms with van der Waals surface area (Å²) in [5, 5.41) is 11.0. The Morgan fingerprint density at radius 2 is 2.00 bits per heavy atom. The number of ether oxygens (including phenoxy) is 1. The number of para-hydroxylation sites is 1. The van der Waals surface area contributed by atoms with Crippen molar-refractivity contribution < 1.29 is 9.53 Å². The molecule has 8 heteroatoms. The molecule has 0 unspecified atom stereocenters. The zero-order chi connectivity index (χ0) is 17.1. The van der Waals surface area contributed by atoms with E-state index in [4.69, 9.17) is 22.1 Å². The van der Waals surface area contributed by atoms with E-state index in [2.05, 4.69) is 15.6 Å². The first-order valence-electron chi connectivity index (χ1n) is 7.01. The van der Waals surface area contributed by atoms with E-state index in [1.54, 1.807) is 30.3 Å². The highest BCUT2D eigenvalue weighted by Crippen LogP contribution is 2.27. The molecule has 1 heterocycles. The Balaban J connectivity index is 1.90. The fourth-order valence-electron chi connectivity index (χ4n) is 2.13. The number of carbonyl (C=O) groups is 1. The molecule has 1 aromatic heterocycles. The number of carbonyl (C=O) groups excluding carboxylic acids is 1. The molecular weight excluding hydrogens is 330 g/mol. The molecule has 0 atom stereocenters. The van der Waals surface area contributed by atoms with Gasteiger partial charge in [-0.05, 0) is 24.3 Å². The highest BCUT2D eigenvalue weighted by Gasteiger charge is 2.19. The summed E-state index contributed by atoms with van der Waals surface area (Å²) in [4.78, 5) is 12.3. The second-order valence-electron chi connectivity index (χ2n) is 4.87. The molecule has 0 aliphatic heterocycles. The molecule has 0 aliphatic rings. The topological polar surface area (TPSA) is 95.1 Å². The molecular formula is C16H14ClN5O2. The van der Waals surface area contributed by atoms with Gasteiger partial charge in [-0.1, -0.05) is 35.0 Å². The molecule has 3 aromatic rings. The van der Waals surface area contributed by atoms with Gasteiger partial charge in [0, 0.05) is 11.8 Å². The third-order valence-electron chi connectivity index (χ3n) is 3.33. The van der Waals surface area contributed by atoms with Gasteiger partial charge in [-0.2, -0.15) is 4.68 Å². The average Bonchev–Trinajstić information content (AvgIpc) is 2.98. The summed E-state index contributed by atoms with van der Waals surface area (Å²) in [6.07, 6.45) is 0. The Bertz CT molecular complexity index is 879. The first-order valence-corrected chi connectivity index (χ1v) is 7.39. The molecule has 0 radical (unpaired) electrons. The lowest BCUT2D eigenvalue weighted by atomic mass is 10.3. The number of methoxy groups -OCH3 is 1. The lowest BCUT2D eigenvalue weighted by Gasteiger charge is -2.07. The van der Waals surface area contributed by atoms with Crippen LogP contribution in [0.3, 0.4) is 0 Å². The predicted molar refractivity (Wildman–Crippen MR) is 91.7 cm³/mol. The number of benzene rings is 2. The average molecular weight is 344 g/mol. The van der Waals surface area contributed by atoms with Gasteiger partial charge < -0.3 is 15.8 Å². The van der Waals surface area contributed by atoms with E-state index in [0.717, 1.165) is 0 Å². The van der Waals surface area contributed by atoms with Gasteiger partial charge in [0.2, 0.25) is 0 Å². The Morgan fingerprint density at radius 3 is 2.71 bits per heavy atom. The Labute approximate surface area is 143 Å². The number of anilines is 2. The van der Waals surface area contributed by atoms with Crippen LogP contribution in [0, 0.1) is 0 Å². The summed E-state index contributed by atoms with van der Waals surface area (Å²) in [6, 6.07) is 14.0. The maximum absolute atomic E-state index is 12.3. The van der Waals surface area contributed by atoms with Crippen molar-refractivity contribution in [2.45, 2.75) is 0 Å². The summed E-state index contributed by atoms with van der Waals surface area (Å²) in [5.74, 6) is 0.151. The summed E-state index contributed by atoms with van der Waals surface area (Å²) in [6.45, 7) is 0. The number of aromatic nitrogens is 3. The molecule has 0 spiro atoms. The minimum Gasteiger partial charge on any atom is -0.495 e. The standard InChI is InChI=1S/C16H14ClN5O2/c1-24-13-9-11(7-8-12(13)17)22-15(18)14(20-21-22)16(23)19-10-5-3-2-4-6-10/h2-9H,18H2,1H3,(H,19,23). The lowest BCUT2D eigenvalue weighted by Crippen LogP contribution is -2.15. The van der Waals surface area contributed by atoms with Gasteiger partial charge >= 0.3 is 0 Å². The molecule has 24 heavy (non-hydrogen) atoms. The van der Waals surface area contributed by atoms with Crippen LogP contribution in [0.25, 0.3) is 5.69 Å². The molecule has 0 fully saturated rings. The van der Waals surface area contributed by atoms with Crippen molar-refractivity contribution in [1.82, 2.24) is 15.0 Å². The number of rotatable bonds is 4. The molecule has 0 saturated heterocycles. The number of nitrogen functional groups attached to an aromatic ring is 1. The maximum Gasteiger partial charge on any atom is 0.280 e. The van der Waals surface area contributed by atoms with Crippen LogP contribution < -0.4 is 15.8 Å². The molecule has 0 bridgehead atoms. The van der Waals surface area contributed by atoms with Gasteiger partial charge in [-0.15, -0.1) is 5.10 Å². The zero-order valence-corrected chi connectivity index (χ0v) is 13.5. The summed E-state index contributed by atoms with van der Waals surface area (Å²) in [5.41, 5.74) is 7.28. The van der Waals surface area contributed by atoms with Gasteiger partial charge in [-0.3, -0.25) is 4.79 Å². The molecule has 3 rings (SSSR count). The minimum atomic E-state index is -0.439. The Kier molecular flexibility index (Phi) is 4.35. The SMILES string of the molecule is COc1cc(-n2nnc(C(=O)Nc3ccccc3)c2N)ccc1Cl. The van der Waals surface area contributed by atoms with E-state index in [1.807, 2.05) is 18.2 Å². The number of hydrogen-bond donors (Lipinski definition) is 2. The number of hydrogen-bond acceptors (Lipinski definition) is 5. The van der Waals surface area contributed by atoms with Crippen LogP contribution in [-0.2, 0) is 0 Å². The molecule has 3 N–H and O–H groups in total. The van der Waals surface area contributed by atoms with E-state index < -0.39 is 5.91 Å². The van der Waals surface area contributed by atoms with Crippen LogP contribution in [0.15, 0.2) is 48.5 Å². The van der Waals surface area contributed by atoms with Crippen LogP contribution in [0.4, 0.5) is 11.5 Å². The molecule has 0 aliphatic carbocycles. The Hall–Kier alpha value is -3.06. The van der Waals surface area contributed by atoms with E-state index >= 15 is 0 Å². The van der Waals surface area contributed by atoms with Crippen LogP contribution in [-0.4, -0.2) is 28.0 Å². The fraction of sp³-hybridized carbons (Fsp3) is 0.0625. The van der Waals surface area contributed by atoms with Crippen molar-refractivity contribution in [3.05, 3.63) is 59.2 Å². The number of halogens is 1.